The Balaban J connectivity index is 0.000000164. The number of hydrogen-bond acceptors (Lipinski definition) is 13. The molecule has 2 radical (unpaired) electrons. The maximum absolute atomic E-state index is 12.4. The van der Waals surface area contributed by atoms with Gasteiger partial charge in [0.2, 0.25) is 7.98 Å². The van der Waals surface area contributed by atoms with Gasteiger partial charge in [0.25, 0.3) is 0 Å². The maximum Gasteiger partial charge on any atom is 0.337 e. The number of fused-ring (bicyclic) bond motifs is 4. The van der Waals surface area contributed by atoms with Crippen LogP contribution in [-0.2, 0) is 0 Å². The van der Waals surface area contributed by atoms with Crippen LogP contribution in [0.4, 0.5) is 5.69 Å². The number of carbonyl (C=O) groups excluding carboxylic acids is 2. The summed E-state index contributed by atoms with van der Waals surface area (Å²) >= 11 is 17.3. The van der Waals surface area contributed by atoms with Gasteiger partial charge in [-0.25, -0.2) is 4.79 Å². The molecule has 0 aliphatic heterocycles. The van der Waals surface area contributed by atoms with E-state index in [9.17, 15) is 24.0 Å². The Morgan fingerprint density at radius 1 is 0.754 bits per heavy atom. The summed E-state index contributed by atoms with van der Waals surface area (Å²) in [4.78, 5) is 54.7. The Hall–Kier alpha value is -2.59. The molecule has 0 fully saturated rings. The van der Waals surface area contributed by atoms with Crippen molar-refractivity contribution in [2.75, 3.05) is 5.23 Å². The van der Waals surface area contributed by atoms with Crippen molar-refractivity contribution in [1.82, 2.24) is 0 Å². The van der Waals surface area contributed by atoms with Crippen LogP contribution in [0.3, 0.4) is 0 Å². The Bertz CT molecular complexity index is 2900. The predicted molar refractivity (Wildman–Crippen MR) is 251 cm³/mol. The summed E-state index contributed by atoms with van der Waals surface area (Å²) in [6, 6.07) is 19.6. The number of benzene rings is 2. The number of halogens is 2. The van der Waals surface area contributed by atoms with Crippen LogP contribution in [0.15, 0.2) is 104 Å². The number of hydrogen-bond donors (Lipinski definition) is 2. The molecule has 7 heterocycles. The van der Waals surface area contributed by atoms with Crippen molar-refractivity contribution in [3.63, 3.8) is 0 Å². The van der Waals surface area contributed by atoms with Gasteiger partial charge in [-0.3, -0.25) is 14.4 Å². The molecular formula is C39H25BBr2NO6S7U-. The fourth-order valence-electron chi connectivity index (χ4n) is 4.77. The fraction of sp³-hybridized carbons (Fsp3) is 0.0513. The minimum atomic E-state index is -0.886. The topological polar surface area (TPSA) is 118 Å². The molecule has 7 aromatic heterocycles. The molecule has 0 saturated carbocycles. The number of aromatic carboxylic acids is 1. The fourth-order valence-corrected chi connectivity index (χ4v) is 12.1. The molecule has 0 amide bonds. The maximum atomic E-state index is 12.4. The monoisotopic (exact) mass is 1230 g/mol. The zero-order valence-electron chi connectivity index (χ0n) is 29.5. The van der Waals surface area contributed by atoms with Gasteiger partial charge >= 0.3 is 5.97 Å². The van der Waals surface area contributed by atoms with Crippen molar-refractivity contribution >= 4 is 182 Å². The summed E-state index contributed by atoms with van der Waals surface area (Å²) in [5.74, 6) is -0.886. The second kappa shape index (κ2) is 22.7. The Morgan fingerprint density at radius 2 is 1.37 bits per heavy atom. The van der Waals surface area contributed by atoms with Crippen LogP contribution in [0.25, 0.3) is 39.0 Å². The van der Waals surface area contributed by atoms with Crippen LogP contribution < -0.4 is 16.1 Å². The van der Waals surface area contributed by atoms with E-state index < -0.39 is 5.97 Å². The average molecular weight is 1240 g/mol. The summed E-state index contributed by atoms with van der Waals surface area (Å²) in [6.07, 6.45) is 1.68. The zero-order chi connectivity index (χ0) is 40.4. The van der Waals surface area contributed by atoms with E-state index in [1.165, 1.54) is 34.0 Å². The van der Waals surface area contributed by atoms with Crippen molar-refractivity contribution in [3.05, 3.63) is 149 Å². The number of thiophene rings is 5. The molecule has 9 aromatic rings. The van der Waals surface area contributed by atoms with Crippen LogP contribution in [0.5, 0.6) is 0 Å². The van der Waals surface area contributed by atoms with E-state index >= 15 is 0 Å². The number of anilines is 1. The molecule has 2 N–H and O–H groups in total. The van der Waals surface area contributed by atoms with E-state index in [0.717, 1.165) is 72.2 Å². The summed E-state index contributed by atoms with van der Waals surface area (Å²) in [7, 11) is 5.47. The van der Waals surface area contributed by atoms with Gasteiger partial charge in [-0.15, -0.1) is 80.4 Å². The van der Waals surface area contributed by atoms with Gasteiger partial charge in [0.05, 0.1) is 31.9 Å². The van der Waals surface area contributed by atoms with E-state index in [1.807, 2.05) is 77.1 Å². The number of aryl methyl sites for hydroxylation is 2. The minimum Gasteiger partial charge on any atom is -0.478 e. The summed E-state index contributed by atoms with van der Waals surface area (Å²) in [5, 5.41) is 25.3. The number of carboxylic acids is 1. The van der Waals surface area contributed by atoms with Gasteiger partial charge in [-0.1, -0.05) is 18.4 Å². The molecule has 0 spiro atoms. The average Bonchev–Trinajstić information content (AvgIpc) is 4.05. The van der Waals surface area contributed by atoms with Gasteiger partial charge in [-0.2, -0.15) is 22.7 Å². The van der Waals surface area contributed by atoms with Crippen molar-refractivity contribution in [3.8, 4) is 0 Å². The zero-order valence-corrected chi connectivity index (χ0v) is 42.5. The Morgan fingerprint density at radius 3 is 1.86 bits per heavy atom. The van der Waals surface area contributed by atoms with Crippen molar-refractivity contribution in [2.45, 2.75) is 13.8 Å². The van der Waals surface area contributed by atoms with E-state index in [4.69, 9.17) is 13.1 Å². The predicted octanol–water partition coefficient (Wildman–Crippen LogP) is 13.0. The van der Waals surface area contributed by atoms with E-state index in [-0.39, 0.29) is 42.0 Å². The molecule has 0 aliphatic carbocycles. The normalized spacial score (nSPS) is 10.1. The first-order chi connectivity index (χ1) is 27.0. The van der Waals surface area contributed by atoms with Gasteiger partial charge in [-0.05, 0) is 112 Å². The van der Waals surface area contributed by atoms with Crippen LogP contribution in [0.2, 0.25) is 0 Å². The molecule has 9 rings (SSSR count). The quantitative estimate of drug-likeness (QED) is 0.102. The molecule has 0 bridgehead atoms. The SMILES string of the molecule is Cc1cc[c-]c2c(=O)c3ccsc3sc12.O=C(O)c1ccsc1Br.O=Cc1ccsc1.O=Cc1ccsc1Br.[B]Nc1ccc(C)c2sc3sccc3c(=O)c12.[U]. The second-order valence-corrected chi connectivity index (χ2v) is 20.7. The van der Waals surface area contributed by atoms with Crippen molar-refractivity contribution in [1.29, 1.82) is 0 Å². The molecule has 0 saturated heterocycles. The first-order valence-corrected chi connectivity index (χ1v) is 23.5. The van der Waals surface area contributed by atoms with Gasteiger partial charge in [0.1, 0.15) is 5.43 Å². The molecule has 0 unspecified atom stereocenters. The number of carboxylic acid groups (broad SMARTS) is 1. The van der Waals surface area contributed by atoms with Crippen molar-refractivity contribution in [2.24, 2.45) is 0 Å². The minimum absolute atomic E-state index is 0. The van der Waals surface area contributed by atoms with E-state index in [1.54, 1.807) is 68.9 Å². The van der Waals surface area contributed by atoms with Gasteiger partial charge in [0.15, 0.2) is 18.0 Å². The second-order valence-electron chi connectivity index (χ2n) is 11.1. The Labute approximate surface area is 396 Å². The van der Waals surface area contributed by atoms with E-state index in [0.29, 0.717) is 20.4 Å². The number of nitrogens with one attached hydrogen (secondary N) is 1. The molecule has 286 valence electrons. The summed E-state index contributed by atoms with van der Waals surface area (Å²) in [6.45, 7) is 4.05. The van der Waals surface area contributed by atoms with E-state index in [2.05, 4.69) is 43.2 Å². The third-order valence-corrected chi connectivity index (χ3v) is 16.4. The number of carbonyl (C=O) groups is 3. The van der Waals surface area contributed by atoms with Crippen molar-refractivity contribution < 1.29 is 50.6 Å². The third-order valence-electron chi connectivity index (χ3n) is 7.55. The molecule has 0 aliphatic rings. The standard InChI is InChI=1S/C12H8BNOS2.C12H7OS2.C5H3BrO2S.C5H3BrOS.C5H4OS.U/c1-6-2-3-8(14-13)9-10(15)7-4-5-16-12(7)17-11(6)9;1-7-3-2-4-8-10(13)9-5-6-14-12(9)15-11(7)8;6-4-3(5(7)8)1-2-9-4;6-5-4(3-7)1-2-8-5;6-3-5-1-2-7-4-5;/h2-5,14H,1H3;2-3,5-6H,1H3;1-2H,(H,7,8);1-3H;1-4H;/q;-1;;;;. The van der Waals surface area contributed by atoms with Crippen LogP contribution in [-0.4, -0.2) is 31.6 Å². The molecule has 7 nitrogen and oxygen atoms in total. The summed E-state index contributed by atoms with van der Waals surface area (Å²) in [5.41, 5.74) is 4.97. The van der Waals surface area contributed by atoms with Gasteiger partial charge < -0.3 is 15.1 Å². The molecular weight excluding hydrogens is 1210 g/mol. The molecule has 2 aromatic carbocycles. The smallest absolute Gasteiger partial charge is 0.337 e. The van der Waals surface area contributed by atoms with Gasteiger partial charge in [0, 0.05) is 63.4 Å². The van der Waals surface area contributed by atoms with Crippen LogP contribution >= 0.6 is 111 Å². The largest absolute Gasteiger partial charge is 0.478 e. The number of rotatable bonds is 4. The first-order valence-electron chi connectivity index (χ1n) is 15.8. The summed E-state index contributed by atoms with van der Waals surface area (Å²) < 4.78 is 5.84. The third kappa shape index (κ3) is 11.8. The van der Waals surface area contributed by atoms with Crippen LogP contribution in [0, 0.1) is 51.0 Å². The first kappa shape index (κ1) is 47.1. The molecule has 57 heavy (non-hydrogen) atoms. The molecule has 18 heteroatoms. The number of aldehydes is 2. The van der Waals surface area contributed by atoms with Crippen LogP contribution in [0.1, 0.15) is 42.2 Å². The molecule has 0 atom stereocenters. The Kier molecular flexibility index (Phi) is 18.7.